The summed E-state index contributed by atoms with van der Waals surface area (Å²) in [6.45, 7) is 0. The van der Waals surface area contributed by atoms with Gasteiger partial charge in [0.2, 0.25) is 0 Å². The number of carbonyl (C=O) groups excluding carboxylic acids is 1. The summed E-state index contributed by atoms with van der Waals surface area (Å²) in [4.78, 5) is 27.2. The molecule has 6 rings (SSSR count). The Balaban J connectivity index is 1.21. The van der Waals surface area contributed by atoms with Crippen LogP contribution in [0.15, 0.2) is 48.5 Å². The largest absolute Gasteiger partial charge is 0.457 e. The van der Waals surface area contributed by atoms with E-state index in [0.29, 0.717) is 17.5 Å². The van der Waals surface area contributed by atoms with E-state index in [1.165, 1.54) is 25.7 Å². The first-order chi connectivity index (χ1) is 14.7. The van der Waals surface area contributed by atoms with Gasteiger partial charge in [0, 0.05) is 22.7 Å². The highest BCUT2D eigenvalue weighted by molar-refractivity contribution is 5.85. The third kappa shape index (κ3) is 2.79. The van der Waals surface area contributed by atoms with Crippen LogP contribution in [0.1, 0.15) is 55.6 Å². The fraction of sp³-hybridized carbons (Fsp3) is 0.480. The van der Waals surface area contributed by atoms with Crippen molar-refractivity contribution < 1.29 is 19.3 Å². The van der Waals surface area contributed by atoms with Crippen molar-refractivity contribution in [2.24, 2.45) is 5.92 Å². The second kappa shape index (κ2) is 6.82. The van der Waals surface area contributed by atoms with Gasteiger partial charge in [-0.1, -0.05) is 36.4 Å². The topological polar surface area (TPSA) is 48.0 Å². The molecular formula is C25H27NO4. The minimum atomic E-state index is -0.536. The van der Waals surface area contributed by atoms with E-state index in [0.717, 1.165) is 29.9 Å². The van der Waals surface area contributed by atoms with Gasteiger partial charge in [0.15, 0.2) is 0 Å². The molecule has 0 N–H and O–H groups in total. The number of carbonyl (C=O) groups is 1. The van der Waals surface area contributed by atoms with Gasteiger partial charge in [-0.2, -0.15) is 4.89 Å². The summed E-state index contributed by atoms with van der Waals surface area (Å²) in [5.74, 6) is 1.27. The van der Waals surface area contributed by atoms with Crippen molar-refractivity contribution in [3.05, 3.63) is 59.7 Å². The molecule has 0 amide bonds. The number of fused-ring (bicyclic) bond motifs is 4. The van der Waals surface area contributed by atoms with Crippen molar-refractivity contribution in [1.29, 1.82) is 0 Å². The molecule has 0 spiro atoms. The van der Waals surface area contributed by atoms with Crippen LogP contribution in [0.3, 0.4) is 0 Å². The molecule has 2 bridgehead atoms. The third-order valence-electron chi connectivity index (χ3n) is 7.80. The summed E-state index contributed by atoms with van der Waals surface area (Å²) < 4.78 is 5.99. The van der Waals surface area contributed by atoms with Crippen molar-refractivity contribution in [3.8, 4) is 11.5 Å². The fourth-order valence-corrected chi connectivity index (χ4v) is 6.13. The number of ether oxygens (including phenoxy) is 1. The quantitative estimate of drug-likeness (QED) is 0.540. The number of benzene rings is 2. The summed E-state index contributed by atoms with van der Waals surface area (Å²) in [6, 6.07) is 15.8. The maximum absolute atomic E-state index is 13.2. The highest BCUT2D eigenvalue weighted by atomic mass is 17.2. The van der Waals surface area contributed by atoms with Gasteiger partial charge in [0.25, 0.3) is 0 Å². The van der Waals surface area contributed by atoms with Crippen LogP contribution in [-0.2, 0) is 14.6 Å². The molecule has 3 heterocycles. The average molecular weight is 405 g/mol. The van der Waals surface area contributed by atoms with E-state index in [4.69, 9.17) is 14.5 Å². The number of para-hydroxylation sites is 2. The van der Waals surface area contributed by atoms with Gasteiger partial charge in [0.05, 0.1) is 0 Å². The van der Waals surface area contributed by atoms with Crippen LogP contribution in [0.25, 0.3) is 0 Å². The molecule has 5 nitrogen and oxygen atoms in total. The van der Waals surface area contributed by atoms with E-state index in [-0.39, 0.29) is 17.6 Å². The molecular weight excluding hydrogens is 378 g/mol. The standard InChI is InChI=1S/C25H27NO4/c1-26-17-12-13-25(26,16-10-11-16)15-18(14-17)29-30-24(27)23-19-6-2-4-8-21(19)28-22-9-5-3-7-20(22)23/h2-9,16-18,23H,10-15H2,1H3. The van der Waals surface area contributed by atoms with E-state index >= 15 is 0 Å². The average Bonchev–Trinajstić information content (AvgIpc) is 3.59. The summed E-state index contributed by atoms with van der Waals surface area (Å²) in [5, 5.41) is 0. The molecule has 0 aromatic heterocycles. The Labute approximate surface area is 176 Å². The van der Waals surface area contributed by atoms with Crippen LogP contribution in [0, 0.1) is 5.92 Å². The zero-order valence-corrected chi connectivity index (χ0v) is 17.3. The van der Waals surface area contributed by atoms with Gasteiger partial charge >= 0.3 is 5.97 Å². The second-order valence-corrected chi connectivity index (χ2v) is 9.35. The Morgan fingerprint density at radius 3 is 2.37 bits per heavy atom. The molecule has 0 radical (unpaired) electrons. The second-order valence-electron chi connectivity index (χ2n) is 9.35. The van der Waals surface area contributed by atoms with Gasteiger partial charge in [-0.15, -0.1) is 0 Å². The molecule has 1 aliphatic carbocycles. The molecule has 2 aromatic carbocycles. The first-order valence-corrected chi connectivity index (χ1v) is 11.1. The van der Waals surface area contributed by atoms with E-state index < -0.39 is 5.92 Å². The Kier molecular flexibility index (Phi) is 4.19. The summed E-state index contributed by atoms with van der Waals surface area (Å²) in [6.07, 6.45) is 6.97. The van der Waals surface area contributed by atoms with Gasteiger partial charge in [0.1, 0.15) is 23.5 Å². The minimum absolute atomic E-state index is 0.0245. The molecule has 3 aliphatic heterocycles. The lowest BCUT2D eigenvalue weighted by Gasteiger charge is -2.45. The smallest absolute Gasteiger partial charge is 0.354 e. The maximum atomic E-state index is 13.2. The van der Waals surface area contributed by atoms with Gasteiger partial charge in [-0.3, -0.25) is 9.79 Å². The molecule has 2 saturated heterocycles. The molecule has 3 unspecified atom stereocenters. The Morgan fingerprint density at radius 1 is 1.03 bits per heavy atom. The van der Waals surface area contributed by atoms with Crippen LogP contribution >= 0.6 is 0 Å². The summed E-state index contributed by atoms with van der Waals surface area (Å²) in [7, 11) is 2.27. The highest BCUT2D eigenvalue weighted by Crippen LogP contribution is 2.55. The predicted octanol–water partition coefficient (Wildman–Crippen LogP) is 4.80. The fourth-order valence-electron chi connectivity index (χ4n) is 6.13. The Morgan fingerprint density at radius 2 is 1.70 bits per heavy atom. The molecule has 156 valence electrons. The van der Waals surface area contributed by atoms with Crippen LogP contribution in [0.4, 0.5) is 0 Å². The zero-order valence-electron chi connectivity index (χ0n) is 17.3. The van der Waals surface area contributed by atoms with Gasteiger partial charge in [-0.05, 0) is 63.6 Å². The maximum Gasteiger partial charge on any atom is 0.354 e. The van der Waals surface area contributed by atoms with Crippen LogP contribution < -0.4 is 4.74 Å². The highest BCUT2D eigenvalue weighted by Gasteiger charge is 2.57. The number of piperidine rings is 1. The first-order valence-electron chi connectivity index (χ1n) is 11.1. The summed E-state index contributed by atoms with van der Waals surface area (Å²) >= 11 is 0. The zero-order chi connectivity index (χ0) is 20.3. The lowest BCUT2D eigenvalue weighted by Crippen LogP contribution is -2.54. The third-order valence-corrected chi connectivity index (χ3v) is 7.80. The Hall–Kier alpha value is -2.37. The normalized spacial score (nSPS) is 30.3. The van der Waals surface area contributed by atoms with Gasteiger partial charge < -0.3 is 4.74 Å². The van der Waals surface area contributed by atoms with Crippen LogP contribution in [0.2, 0.25) is 0 Å². The van der Waals surface area contributed by atoms with Gasteiger partial charge in [-0.25, -0.2) is 4.79 Å². The number of rotatable bonds is 4. The van der Waals surface area contributed by atoms with E-state index in [9.17, 15) is 4.79 Å². The van der Waals surface area contributed by atoms with E-state index in [1.807, 2.05) is 48.5 Å². The number of hydrogen-bond acceptors (Lipinski definition) is 5. The van der Waals surface area contributed by atoms with E-state index in [1.54, 1.807) is 0 Å². The lowest BCUT2D eigenvalue weighted by molar-refractivity contribution is -0.310. The van der Waals surface area contributed by atoms with Crippen molar-refractivity contribution >= 4 is 5.97 Å². The number of hydrogen-bond donors (Lipinski definition) is 0. The van der Waals surface area contributed by atoms with Crippen molar-refractivity contribution in [2.45, 2.75) is 62.1 Å². The number of nitrogens with zero attached hydrogens (tertiary/aromatic N) is 1. The SMILES string of the molecule is CN1C2CCC1(C1CC1)CC(OOC(=O)C1c3ccccc3Oc3ccccc31)C2. The van der Waals surface area contributed by atoms with Crippen molar-refractivity contribution in [1.82, 2.24) is 4.90 Å². The van der Waals surface area contributed by atoms with Crippen LogP contribution in [0.5, 0.6) is 11.5 Å². The molecule has 3 atom stereocenters. The van der Waals surface area contributed by atoms with E-state index in [2.05, 4.69) is 11.9 Å². The lowest BCUT2D eigenvalue weighted by atomic mass is 9.82. The molecule has 1 saturated carbocycles. The predicted molar refractivity (Wildman–Crippen MR) is 111 cm³/mol. The Bertz CT molecular complexity index is 941. The molecule has 5 heteroatoms. The monoisotopic (exact) mass is 405 g/mol. The van der Waals surface area contributed by atoms with Crippen molar-refractivity contribution in [2.75, 3.05) is 7.05 Å². The minimum Gasteiger partial charge on any atom is -0.457 e. The molecule has 3 fully saturated rings. The van der Waals surface area contributed by atoms with Crippen molar-refractivity contribution in [3.63, 3.8) is 0 Å². The molecule has 30 heavy (non-hydrogen) atoms. The molecule has 2 aromatic rings. The van der Waals surface area contributed by atoms with Crippen LogP contribution in [-0.4, -0.2) is 35.6 Å². The first kappa shape index (κ1) is 18.4. The summed E-state index contributed by atoms with van der Waals surface area (Å²) in [5.41, 5.74) is 1.89. The molecule has 4 aliphatic rings.